The van der Waals surface area contributed by atoms with E-state index in [1.807, 2.05) is 6.20 Å². The molecule has 1 aliphatic rings. The predicted molar refractivity (Wildman–Crippen MR) is 99.9 cm³/mol. The number of hydrogen-bond donors (Lipinski definition) is 1. The first kappa shape index (κ1) is 15.3. The van der Waals surface area contributed by atoms with Crippen molar-refractivity contribution in [3.63, 3.8) is 0 Å². The van der Waals surface area contributed by atoms with E-state index in [2.05, 4.69) is 55.7 Å². The van der Waals surface area contributed by atoms with Gasteiger partial charge in [0.15, 0.2) is 0 Å². The fourth-order valence-corrected chi connectivity index (χ4v) is 4.09. The third kappa shape index (κ3) is 3.06. The highest BCUT2D eigenvalue weighted by molar-refractivity contribution is 7.17. The van der Waals surface area contributed by atoms with Crippen molar-refractivity contribution in [3.05, 3.63) is 41.8 Å². The molecular weight excluding hydrogens is 318 g/mol. The number of aryl methyl sites for hydroxylation is 1. The number of piperidine rings is 1. The maximum Gasteiger partial charge on any atom is 0.132 e. The molecule has 0 saturated carbocycles. The molecule has 0 aromatic carbocycles. The summed E-state index contributed by atoms with van der Waals surface area (Å²) in [5, 5.41) is 5.82. The normalized spacial score (nSPS) is 18.0. The molecule has 5 nitrogen and oxygen atoms in total. The van der Waals surface area contributed by atoms with Gasteiger partial charge in [-0.25, -0.2) is 9.97 Å². The molecule has 124 valence electrons. The number of rotatable bonds is 4. The van der Waals surface area contributed by atoms with E-state index in [0.29, 0.717) is 6.04 Å². The maximum absolute atomic E-state index is 4.47. The second kappa shape index (κ2) is 6.73. The van der Waals surface area contributed by atoms with E-state index >= 15 is 0 Å². The number of fused-ring (bicyclic) bond motifs is 1. The molecular formula is C18H21N5S. The molecule has 1 aliphatic heterocycles. The van der Waals surface area contributed by atoms with Crippen molar-refractivity contribution in [1.82, 2.24) is 15.0 Å². The van der Waals surface area contributed by atoms with Gasteiger partial charge in [-0.3, -0.25) is 4.98 Å². The highest BCUT2D eigenvalue weighted by atomic mass is 32.1. The Balaban J connectivity index is 1.51. The fraction of sp³-hybridized carbons (Fsp3) is 0.389. The molecule has 1 N–H and O–H groups in total. The van der Waals surface area contributed by atoms with Crippen LogP contribution in [0.2, 0.25) is 0 Å². The van der Waals surface area contributed by atoms with E-state index < -0.39 is 0 Å². The molecule has 1 unspecified atom stereocenters. The van der Waals surface area contributed by atoms with Crippen LogP contribution in [0.1, 0.15) is 25.5 Å². The van der Waals surface area contributed by atoms with E-state index in [1.165, 1.54) is 23.2 Å². The monoisotopic (exact) mass is 339 g/mol. The largest absolute Gasteiger partial charge is 0.379 e. The lowest BCUT2D eigenvalue weighted by atomic mass is 10.1. The van der Waals surface area contributed by atoms with Gasteiger partial charge >= 0.3 is 0 Å². The number of hydrogen-bond acceptors (Lipinski definition) is 6. The topological polar surface area (TPSA) is 53.9 Å². The van der Waals surface area contributed by atoms with Gasteiger partial charge in [0.2, 0.25) is 0 Å². The van der Waals surface area contributed by atoms with E-state index in [4.69, 9.17) is 0 Å². The van der Waals surface area contributed by atoms with Gasteiger partial charge in [-0.1, -0.05) is 6.92 Å². The van der Waals surface area contributed by atoms with Crippen molar-refractivity contribution in [2.75, 3.05) is 23.3 Å². The summed E-state index contributed by atoms with van der Waals surface area (Å²) in [4.78, 5) is 15.6. The van der Waals surface area contributed by atoms with Crippen LogP contribution < -0.4 is 10.2 Å². The fourth-order valence-electron chi connectivity index (χ4n) is 3.26. The zero-order valence-corrected chi connectivity index (χ0v) is 14.6. The summed E-state index contributed by atoms with van der Waals surface area (Å²) in [6.45, 7) is 4.15. The molecule has 0 spiro atoms. The number of anilines is 2. The molecule has 3 aromatic heterocycles. The van der Waals surface area contributed by atoms with Gasteiger partial charge in [0.1, 0.15) is 12.1 Å². The zero-order valence-electron chi connectivity index (χ0n) is 13.8. The van der Waals surface area contributed by atoms with E-state index in [1.54, 1.807) is 17.7 Å². The quantitative estimate of drug-likeness (QED) is 0.785. The molecule has 1 atom stereocenters. The molecule has 0 aliphatic carbocycles. The lowest BCUT2D eigenvalue weighted by Gasteiger charge is -2.34. The number of aromatic nitrogens is 3. The van der Waals surface area contributed by atoms with Crippen LogP contribution in [-0.2, 0) is 6.42 Å². The minimum atomic E-state index is 0.423. The molecule has 24 heavy (non-hydrogen) atoms. The smallest absolute Gasteiger partial charge is 0.132 e. The zero-order chi connectivity index (χ0) is 16.4. The highest BCUT2D eigenvalue weighted by Crippen LogP contribution is 2.29. The van der Waals surface area contributed by atoms with Gasteiger partial charge in [0.05, 0.1) is 15.9 Å². The van der Waals surface area contributed by atoms with Crippen LogP contribution in [0.4, 0.5) is 11.5 Å². The minimum Gasteiger partial charge on any atom is -0.379 e. The average molecular weight is 339 g/mol. The van der Waals surface area contributed by atoms with Crippen LogP contribution in [0.3, 0.4) is 0 Å². The summed E-state index contributed by atoms with van der Waals surface area (Å²) in [7, 11) is 0. The summed E-state index contributed by atoms with van der Waals surface area (Å²) < 4.78 is 1.24. The Morgan fingerprint density at radius 3 is 3.17 bits per heavy atom. The van der Waals surface area contributed by atoms with Gasteiger partial charge < -0.3 is 10.2 Å². The third-order valence-corrected chi connectivity index (χ3v) is 5.46. The summed E-state index contributed by atoms with van der Waals surface area (Å²) in [5.74, 6) is 1.05. The van der Waals surface area contributed by atoms with Gasteiger partial charge in [0.25, 0.3) is 0 Å². The second-order valence-electron chi connectivity index (χ2n) is 6.14. The first-order valence-corrected chi connectivity index (χ1v) is 9.36. The van der Waals surface area contributed by atoms with Crippen molar-refractivity contribution in [2.45, 2.75) is 32.2 Å². The van der Waals surface area contributed by atoms with Crippen LogP contribution in [0.25, 0.3) is 10.2 Å². The number of nitrogens with one attached hydrogen (secondary N) is 1. The van der Waals surface area contributed by atoms with Gasteiger partial charge in [0, 0.05) is 37.1 Å². The standard InChI is InChI=1S/C18H21N5S/c1-2-13-10-17(21-12-20-13)23-8-3-4-14(11-23)22-16-5-7-19-15-6-9-24-18(15)16/h5-7,9-10,12,14H,2-4,8,11H2,1H3,(H,19,22). The van der Waals surface area contributed by atoms with Crippen molar-refractivity contribution >= 4 is 33.1 Å². The third-order valence-electron chi connectivity index (χ3n) is 4.52. The van der Waals surface area contributed by atoms with E-state index in [9.17, 15) is 0 Å². The minimum absolute atomic E-state index is 0.423. The lowest BCUT2D eigenvalue weighted by molar-refractivity contribution is 0.526. The molecule has 1 fully saturated rings. The van der Waals surface area contributed by atoms with Crippen LogP contribution in [-0.4, -0.2) is 34.1 Å². The average Bonchev–Trinajstić information content (AvgIpc) is 3.12. The van der Waals surface area contributed by atoms with Crippen molar-refractivity contribution < 1.29 is 0 Å². The molecule has 0 radical (unpaired) electrons. The second-order valence-corrected chi connectivity index (χ2v) is 7.06. The Morgan fingerprint density at radius 1 is 1.29 bits per heavy atom. The van der Waals surface area contributed by atoms with Crippen LogP contribution in [0.5, 0.6) is 0 Å². The Labute approximate surface area is 145 Å². The number of thiophene rings is 1. The summed E-state index contributed by atoms with van der Waals surface area (Å²) >= 11 is 1.75. The Morgan fingerprint density at radius 2 is 2.25 bits per heavy atom. The molecule has 4 rings (SSSR count). The van der Waals surface area contributed by atoms with E-state index in [0.717, 1.165) is 36.5 Å². The molecule has 6 heteroatoms. The van der Waals surface area contributed by atoms with Gasteiger partial charge in [-0.15, -0.1) is 11.3 Å². The SMILES string of the molecule is CCc1cc(N2CCCC(Nc3ccnc4ccsc34)C2)ncn1. The highest BCUT2D eigenvalue weighted by Gasteiger charge is 2.21. The molecule has 3 aromatic rings. The Bertz CT molecular complexity index is 831. The van der Waals surface area contributed by atoms with Crippen LogP contribution in [0, 0.1) is 0 Å². The molecule has 0 amide bonds. The van der Waals surface area contributed by atoms with Crippen molar-refractivity contribution in [2.24, 2.45) is 0 Å². The summed E-state index contributed by atoms with van der Waals surface area (Å²) in [6.07, 6.45) is 6.86. The first-order valence-electron chi connectivity index (χ1n) is 8.48. The van der Waals surface area contributed by atoms with Gasteiger partial charge in [-0.2, -0.15) is 0 Å². The Hall–Kier alpha value is -2.21. The van der Waals surface area contributed by atoms with E-state index in [-0.39, 0.29) is 0 Å². The lowest BCUT2D eigenvalue weighted by Crippen LogP contribution is -2.42. The Kier molecular flexibility index (Phi) is 4.30. The first-order chi connectivity index (χ1) is 11.8. The van der Waals surface area contributed by atoms with Crippen molar-refractivity contribution in [3.8, 4) is 0 Å². The number of pyridine rings is 1. The summed E-state index contributed by atoms with van der Waals surface area (Å²) in [6, 6.07) is 6.70. The van der Waals surface area contributed by atoms with Crippen molar-refractivity contribution in [1.29, 1.82) is 0 Å². The molecule has 1 saturated heterocycles. The maximum atomic E-state index is 4.47. The predicted octanol–water partition coefficient (Wildman–Crippen LogP) is 3.73. The number of nitrogens with zero attached hydrogens (tertiary/aromatic N) is 4. The summed E-state index contributed by atoms with van der Waals surface area (Å²) in [5.41, 5.74) is 3.37. The van der Waals surface area contributed by atoms with Gasteiger partial charge in [-0.05, 0) is 36.8 Å². The molecule has 0 bridgehead atoms. The molecule has 4 heterocycles. The van der Waals surface area contributed by atoms with Crippen LogP contribution >= 0.6 is 11.3 Å². The van der Waals surface area contributed by atoms with Crippen LogP contribution in [0.15, 0.2) is 36.1 Å².